The highest BCUT2D eigenvalue weighted by atomic mass is 16.5. The lowest BCUT2D eigenvalue weighted by molar-refractivity contribution is -0.134. The van der Waals surface area contributed by atoms with E-state index >= 15 is 0 Å². The minimum Gasteiger partial charge on any atom is -0.375 e. The average Bonchev–Trinajstić information content (AvgIpc) is 2.90. The van der Waals surface area contributed by atoms with Crippen LogP contribution < -0.4 is 5.32 Å². The van der Waals surface area contributed by atoms with E-state index in [4.69, 9.17) is 4.74 Å². The first-order valence-corrected chi connectivity index (χ1v) is 7.67. The third kappa shape index (κ3) is 2.06. The van der Waals surface area contributed by atoms with E-state index in [1.54, 1.807) is 7.11 Å². The predicted octanol–water partition coefficient (Wildman–Crippen LogP) is 0.484. The van der Waals surface area contributed by atoms with Crippen molar-refractivity contribution in [1.29, 1.82) is 0 Å². The monoisotopic (exact) mass is 291 g/mol. The Morgan fingerprint density at radius 3 is 2.76 bits per heavy atom. The van der Waals surface area contributed by atoms with E-state index in [1.165, 1.54) is 12.7 Å². The van der Waals surface area contributed by atoms with Crippen molar-refractivity contribution in [3.8, 4) is 0 Å². The van der Waals surface area contributed by atoms with Crippen molar-refractivity contribution in [2.45, 2.75) is 49.6 Å². The van der Waals surface area contributed by atoms with Gasteiger partial charge in [0.1, 0.15) is 6.61 Å². The van der Waals surface area contributed by atoms with Crippen LogP contribution in [-0.4, -0.2) is 45.4 Å². The maximum Gasteiger partial charge on any atom is 0.246 e. The van der Waals surface area contributed by atoms with Crippen molar-refractivity contribution >= 4 is 5.91 Å². The number of nitrogens with zero attached hydrogens (tertiary/aromatic N) is 4. The van der Waals surface area contributed by atoms with Crippen molar-refractivity contribution in [2.75, 3.05) is 13.7 Å². The molecule has 0 saturated heterocycles. The minimum absolute atomic E-state index is 0.0128. The van der Waals surface area contributed by atoms with E-state index in [2.05, 4.69) is 20.7 Å². The number of amides is 1. The molecule has 0 aliphatic heterocycles. The van der Waals surface area contributed by atoms with Gasteiger partial charge >= 0.3 is 0 Å². The SMILES string of the molecule is COCC(=O)NC12CC3CC(C1)CC(n1ncnn1)(C3)C2. The molecule has 0 aromatic carbocycles. The average molecular weight is 291 g/mol. The first kappa shape index (κ1) is 13.2. The predicted molar refractivity (Wildman–Crippen MR) is 73.2 cm³/mol. The lowest BCUT2D eigenvalue weighted by Gasteiger charge is -2.61. The molecular formula is C14H21N5O2. The molecule has 0 radical (unpaired) electrons. The summed E-state index contributed by atoms with van der Waals surface area (Å²) in [6, 6.07) is 0. The van der Waals surface area contributed by atoms with Crippen LogP contribution in [0.1, 0.15) is 38.5 Å². The smallest absolute Gasteiger partial charge is 0.246 e. The Bertz CT molecular complexity index is 530. The molecule has 7 heteroatoms. The number of hydrogen-bond acceptors (Lipinski definition) is 5. The summed E-state index contributed by atoms with van der Waals surface area (Å²) in [4.78, 5) is 13.8. The third-order valence-electron chi connectivity index (χ3n) is 5.48. The van der Waals surface area contributed by atoms with E-state index < -0.39 is 0 Å². The standard InChI is InChI=1S/C14H21N5O2/c1-21-7-12(20)17-13-3-10-2-11(4-13)6-14(5-10,8-13)19-16-9-15-18-19/h9-11H,2-8H2,1H3,(H,17,20). The van der Waals surface area contributed by atoms with E-state index in [-0.39, 0.29) is 23.6 Å². The molecule has 4 aliphatic carbocycles. The van der Waals surface area contributed by atoms with Gasteiger partial charge in [-0.15, -0.1) is 10.2 Å². The highest BCUT2D eigenvalue weighted by molar-refractivity contribution is 5.78. The largest absolute Gasteiger partial charge is 0.375 e. The Hall–Kier alpha value is -1.50. The topological polar surface area (TPSA) is 81.9 Å². The first-order chi connectivity index (χ1) is 10.1. The van der Waals surface area contributed by atoms with Crippen LogP contribution >= 0.6 is 0 Å². The number of tetrazole rings is 1. The summed E-state index contributed by atoms with van der Waals surface area (Å²) in [5.74, 6) is 1.29. The van der Waals surface area contributed by atoms with Crippen molar-refractivity contribution in [3.63, 3.8) is 0 Å². The van der Waals surface area contributed by atoms with Gasteiger partial charge in [-0.25, -0.2) is 0 Å². The molecule has 1 N–H and O–H groups in total. The van der Waals surface area contributed by atoms with Gasteiger partial charge in [-0.05, 0) is 55.6 Å². The van der Waals surface area contributed by atoms with Gasteiger partial charge in [-0.2, -0.15) is 4.80 Å². The lowest BCUT2D eigenvalue weighted by atomic mass is 9.50. The molecule has 0 spiro atoms. The van der Waals surface area contributed by atoms with Gasteiger partial charge in [0.15, 0.2) is 6.33 Å². The molecule has 1 heterocycles. The van der Waals surface area contributed by atoms with Crippen molar-refractivity contribution < 1.29 is 9.53 Å². The van der Waals surface area contributed by atoms with Crippen molar-refractivity contribution in [3.05, 3.63) is 6.33 Å². The Labute approximate surface area is 123 Å². The normalized spacial score (nSPS) is 40.4. The minimum atomic E-state index is -0.104. The number of methoxy groups -OCH3 is 1. The Morgan fingerprint density at radius 2 is 2.14 bits per heavy atom. The van der Waals surface area contributed by atoms with Crippen LogP contribution in [0.2, 0.25) is 0 Å². The number of hydrogen-bond donors (Lipinski definition) is 1. The fraction of sp³-hybridized carbons (Fsp3) is 0.857. The van der Waals surface area contributed by atoms with Gasteiger partial charge in [0.05, 0.1) is 5.54 Å². The van der Waals surface area contributed by atoms with E-state index in [9.17, 15) is 4.79 Å². The highest BCUT2D eigenvalue weighted by Crippen LogP contribution is 2.60. The lowest BCUT2D eigenvalue weighted by Crippen LogP contribution is -2.66. The van der Waals surface area contributed by atoms with Crippen LogP contribution in [0.4, 0.5) is 0 Å². The Morgan fingerprint density at radius 1 is 1.38 bits per heavy atom. The summed E-state index contributed by atoms with van der Waals surface area (Å²) < 4.78 is 4.96. The quantitative estimate of drug-likeness (QED) is 0.872. The molecule has 114 valence electrons. The molecule has 2 atom stereocenters. The van der Waals surface area contributed by atoms with Gasteiger partial charge in [0.25, 0.3) is 0 Å². The van der Waals surface area contributed by atoms with Crippen LogP contribution in [-0.2, 0) is 15.1 Å². The van der Waals surface area contributed by atoms with Crippen LogP contribution in [0.25, 0.3) is 0 Å². The van der Waals surface area contributed by atoms with Gasteiger partial charge in [0, 0.05) is 12.6 Å². The van der Waals surface area contributed by atoms with Crippen LogP contribution in [0, 0.1) is 11.8 Å². The zero-order valence-electron chi connectivity index (χ0n) is 12.3. The maximum atomic E-state index is 12.0. The second-order valence-corrected chi connectivity index (χ2v) is 7.17. The fourth-order valence-corrected chi connectivity index (χ4v) is 5.44. The second kappa shape index (κ2) is 4.50. The van der Waals surface area contributed by atoms with Crippen molar-refractivity contribution in [2.24, 2.45) is 11.8 Å². The van der Waals surface area contributed by atoms with Gasteiger partial charge in [-0.1, -0.05) is 0 Å². The summed E-state index contributed by atoms with van der Waals surface area (Å²) in [7, 11) is 1.56. The number of carbonyl (C=O) groups excluding carboxylic acids is 1. The van der Waals surface area contributed by atoms with Gasteiger partial charge in [-0.3, -0.25) is 4.79 Å². The number of nitrogens with one attached hydrogen (secondary N) is 1. The molecule has 5 rings (SSSR count). The molecule has 1 amide bonds. The zero-order valence-corrected chi connectivity index (χ0v) is 12.3. The number of rotatable bonds is 4. The zero-order chi connectivity index (χ0) is 14.5. The number of carbonyl (C=O) groups is 1. The number of aromatic nitrogens is 4. The summed E-state index contributed by atoms with van der Waals surface area (Å²) in [6.45, 7) is 0.131. The van der Waals surface area contributed by atoms with Gasteiger partial charge in [0.2, 0.25) is 5.91 Å². The molecule has 1 aromatic heterocycles. The van der Waals surface area contributed by atoms with Gasteiger partial charge < -0.3 is 10.1 Å². The summed E-state index contributed by atoms with van der Waals surface area (Å²) >= 11 is 0. The number of ether oxygens (including phenoxy) is 1. The van der Waals surface area contributed by atoms with E-state index in [1.807, 2.05) is 4.80 Å². The van der Waals surface area contributed by atoms with Crippen LogP contribution in [0.5, 0.6) is 0 Å². The third-order valence-corrected chi connectivity index (χ3v) is 5.48. The molecular weight excluding hydrogens is 270 g/mol. The molecule has 21 heavy (non-hydrogen) atoms. The van der Waals surface area contributed by atoms with Crippen LogP contribution in [0.15, 0.2) is 6.33 Å². The van der Waals surface area contributed by atoms with E-state index in [0.717, 1.165) is 32.1 Å². The Kier molecular flexibility index (Phi) is 2.82. The highest BCUT2D eigenvalue weighted by Gasteiger charge is 2.60. The Balaban J connectivity index is 1.64. The maximum absolute atomic E-state index is 12.0. The molecule has 4 bridgehead atoms. The molecule has 4 aliphatic rings. The summed E-state index contributed by atoms with van der Waals surface area (Å²) in [5.41, 5.74) is -0.158. The molecule has 1 aromatic rings. The summed E-state index contributed by atoms with van der Waals surface area (Å²) in [6.07, 6.45) is 8.08. The molecule has 4 fully saturated rings. The molecule has 7 nitrogen and oxygen atoms in total. The molecule has 2 unspecified atom stereocenters. The van der Waals surface area contributed by atoms with Crippen LogP contribution in [0.3, 0.4) is 0 Å². The molecule has 4 saturated carbocycles. The second-order valence-electron chi connectivity index (χ2n) is 7.17. The summed E-state index contributed by atoms with van der Waals surface area (Å²) in [5, 5.41) is 15.6. The van der Waals surface area contributed by atoms with Crippen molar-refractivity contribution in [1.82, 2.24) is 25.5 Å². The van der Waals surface area contributed by atoms with E-state index in [0.29, 0.717) is 11.8 Å². The fourth-order valence-electron chi connectivity index (χ4n) is 5.44. The first-order valence-electron chi connectivity index (χ1n) is 7.67.